The van der Waals surface area contributed by atoms with Crippen molar-refractivity contribution in [2.45, 2.75) is 19.8 Å². The Kier molecular flexibility index (Phi) is 3.59. The summed E-state index contributed by atoms with van der Waals surface area (Å²) >= 11 is 11.2. The van der Waals surface area contributed by atoms with E-state index in [1.54, 1.807) is 6.07 Å². The lowest BCUT2D eigenvalue weighted by Crippen LogP contribution is -1.96. The number of rotatable bonds is 2. The van der Waals surface area contributed by atoms with Gasteiger partial charge in [0.1, 0.15) is 5.82 Å². The normalized spacial score (nSPS) is 11.5. The Bertz CT molecular complexity index is 880. The number of hydrogen-bond acceptors (Lipinski definition) is 1. The van der Waals surface area contributed by atoms with Crippen molar-refractivity contribution >= 4 is 34.9 Å². The third-order valence-electron chi connectivity index (χ3n) is 3.52. The number of hydrogen-bond donors (Lipinski definition) is 1. The fourth-order valence-electron chi connectivity index (χ4n) is 2.38. The fourth-order valence-corrected chi connectivity index (χ4v) is 2.86. The van der Waals surface area contributed by atoms with E-state index >= 15 is 0 Å². The Morgan fingerprint density at radius 2 is 2.00 bits per heavy atom. The topological polar surface area (TPSA) is 20.7 Å². The fraction of sp³-hybridized carbons (Fsp3) is 0.188. The highest BCUT2D eigenvalue weighted by atomic mass is 35.5. The lowest BCUT2D eigenvalue weighted by atomic mass is 10.0. The number of nitrogens with zero attached hydrogens (tertiary/aromatic N) is 1. The van der Waals surface area contributed by atoms with E-state index in [1.165, 1.54) is 11.6 Å². The van der Waals surface area contributed by atoms with Crippen LogP contribution < -0.4 is 0 Å². The summed E-state index contributed by atoms with van der Waals surface area (Å²) in [5.74, 6) is -0.0394. The van der Waals surface area contributed by atoms with Gasteiger partial charge in [-0.3, -0.25) is 4.57 Å². The van der Waals surface area contributed by atoms with Gasteiger partial charge in [0.2, 0.25) is 0 Å². The van der Waals surface area contributed by atoms with E-state index in [4.69, 9.17) is 23.8 Å². The molecule has 1 aromatic heterocycles. The van der Waals surface area contributed by atoms with Crippen LogP contribution in [0.4, 0.5) is 4.39 Å². The summed E-state index contributed by atoms with van der Waals surface area (Å²) in [6.07, 6.45) is 0. The van der Waals surface area contributed by atoms with Crippen LogP contribution in [0.15, 0.2) is 36.4 Å². The van der Waals surface area contributed by atoms with Crippen molar-refractivity contribution in [3.05, 3.63) is 57.6 Å². The van der Waals surface area contributed by atoms with Crippen LogP contribution in [0.5, 0.6) is 0 Å². The first-order valence-electron chi connectivity index (χ1n) is 6.67. The van der Waals surface area contributed by atoms with E-state index in [0.29, 0.717) is 16.2 Å². The highest BCUT2D eigenvalue weighted by Gasteiger charge is 2.11. The van der Waals surface area contributed by atoms with Gasteiger partial charge in [0.15, 0.2) is 4.77 Å². The second kappa shape index (κ2) is 5.28. The maximum absolute atomic E-state index is 13.8. The molecule has 21 heavy (non-hydrogen) atoms. The van der Waals surface area contributed by atoms with Crippen molar-refractivity contribution in [1.82, 2.24) is 9.55 Å². The zero-order valence-electron chi connectivity index (χ0n) is 11.7. The van der Waals surface area contributed by atoms with E-state index in [9.17, 15) is 4.39 Å². The van der Waals surface area contributed by atoms with Gasteiger partial charge in [0.25, 0.3) is 0 Å². The molecule has 5 heteroatoms. The zero-order valence-corrected chi connectivity index (χ0v) is 13.2. The van der Waals surface area contributed by atoms with Crippen LogP contribution in [0.2, 0.25) is 5.02 Å². The van der Waals surface area contributed by atoms with E-state index in [2.05, 4.69) is 31.0 Å². The van der Waals surface area contributed by atoms with Gasteiger partial charge in [-0.05, 0) is 41.9 Å². The molecule has 108 valence electrons. The number of benzene rings is 2. The quantitative estimate of drug-likeness (QED) is 0.609. The average molecular weight is 321 g/mol. The third-order valence-corrected chi connectivity index (χ3v) is 4.09. The van der Waals surface area contributed by atoms with Crippen molar-refractivity contribution in [3.63, 3.8) is 0 Å². The first-order valence-corrected chi connectivity index (χ1v) is 7.46. The van der Waals surface area contributed by atoms with Gasteiger partial charge in [-0.25, -0.2) is 4.39 Å². The van der Waals surface area contributed by atoms with Crippen LogP contribution in [0, 0.1) is 10.6 Å². The molecule has 1 heterocycles. The number of H-pyrrole nitrogens is 1. The molecule has 0 atom stereocenters. The number of aromatic amines is 1. The molecule has 0 saturated carbocycles. The predicted molar refractivity (Wildman–Crippen MR) is 87.5 cm³/mol. The Hall–Kier alpha value is -1.65. The lowest BCUT2D eigenvalue weighted by molar-refractivity contribution is 0.629. The summed E-state index contributed by atoms with van der Waals surface area (Å²) in [5, 5.41) is 0.0850. The van der Waals surface area contributed by atoms with Crippen molar-refractivity contribution in [3.8, 4) is 5.69 Å². The van der Waals surface area contributed by atoms with Gasteiger partial charge in [0.05, 0.1) is 16.1 Å². The minimum atomic E-state index is -0.452. The Labute approximate surface area is 132 Å². The van der Waals surface area contributed by atoms with Crippen LogP contribution in [0.3, 0.4) is 0 Å². The molecule has 0 amide bonds. The largest absolute Gasteiger partial charge is 0.330 e. The molecule has 0 aliphatic carbocycles. The van der Waals surface area contributed by atoms with Crippen molar-refractivity contribution < 1.29 is 4.39 Å². The number of aromatic nitrogens is 2. The molecule has 2 aromatic carbocycles. The van der Waals surface area contributed by atoms with Crippen LogP contribution in [-0.4, -0.2) is 9.55 Å². The van der Waals surface area contributed by atoms with E-state index < -0.39 is 5.82 Å². The summed E-state index contributed by atoms with van der Waals surface area (Å²) in [6, 6.07) is 11.1. The van der Waals surface area contributed by atoms with Crippen molar-refractivity contribution in [1.29, 1.82) is 0 Å². The molecule has 0 aliphatic heterocycles. The van der Waals surface area contributed by atoms with Crippen LogP contribution in [0.25, 0.3) is 16.7 Å². The first-order chi connectivity index (χ1) is 9.97. The zero-order chi connectivity index (χ0) is 15.1. The summed E-state index contributed by atoms with van der Waals surface area (Å²) in [4.78, 5) is 3.07. The summed E-state index contributed by atoms with van der Waals surface area (Å²) in [7, 11) is 0. The highest BCUT2D eigenvalue weighted by Crippen LogP contribution is 2.26. The highest BCUT2D eigenvalue weighted by molar-refractivity contribution is 7.71. The minimum Gasteiger partial charge on any atom is -0.330 e. The molecular formula is C16H14ClFN2S. The molecule has 0 fully saturated rings. The Morgan fingerprint density at radius 3 is 2.71 bits per heavy atom. The minimum absolute atomic E-state index is 0.0850. The van der Waals surface area contributed by atoms with Crippen LogP contribution >= 0.6 is 23.8 Å². The predicted octanol–water partition coefficient (Wildman–Crippen LogP) is 5.60. The summed E-state index contributed by atoms with van der Waals surface area (Å²) < 4.78 is 16.1. The molecule has 3 rings (SSSR count). The summed E-state index contributed by atoms with van der Waals surface area (Å²) in [6.45, 7) is 4.26. The molecular weight excluding hydrogens is 307 g/mol. The smallest absolute Gasteiger partial charge is 0.182 e. The number of halogens is 2. The van der Waals surface area contributed by atoms with Crippen molar-refractivity contribution in [2.75, 3.05) is 0 Å². The van der Waals surface area contributed by atoms with Gasteiger partial charge in [-0.2, -0.15) is 0 Å². The number of fused-ring (bicyclic) bond motifs is 1. The molecule has 0 radical (unpaired) electrons. The molecule has 0 bridgehead atoms. The monoisotopic (exact) mass is 320 g/mol. The van der Waals surface area contributed by atoms with E-state index in [-0.39, 0.29) is 5.02 Å². The van der Waals surface area contributed by atoms with Crippen LogP contribution in [0.1, 0.15) is 25.3 Å². The molecule has 1 N–H and O–H groups in total. The number of nitrogens with one attached hydrogen (secondary N) is 1. The molecule has 2 nitrogen and oxygen atoms in total. The Balaban J connectivity index is 2.30. The molecule has 0 aliphatic rings. The lowest BCUT2D eigenvalue weighted by Gasteiger charge is -2.10. The maximum atomic E-state index is 13.8. The Morgan fingerprint density at radius 1 is 1.24 bits per heavy atom. The van der Waals surface area contributed by atoms with E-state index in [0.717, 1.165) is 11.2 Å². The average Bonchev–Trinajstić information content (AvgIpc) is 2.74. The van der Waals surface area contributed by atoms with Gasteiger partial charge in [0, 0.05) is 11.8 Å². The second-order valence-corrected chi connectivity index (χ2v) is 6.09. The third kappa shape index (κ3) is 2.49. The van der Waals surface area contributed by atoms with Gasteiger partial charge < -0.3 is 4.98 Å². The molecule has 3 aromatic rings. The summed E-state index contributed by atoms with van der Waals surface area (Å²) in [5.41, 5.74) is 3.53. The molecule has 0 spiro atoms. The maximum Gasteiger partial charge on any atom is 0.182 e. The standard InChI is InChI=1S/C16H14ClFN2S/c1-9(2)10-4-3-5-11(6-10)20-15-8-13(18)12(17)7-14(15)19-16(20)21/h3-9H,1-2H3,(H,19,21). The molecule has 0 saturated heterocycles. The van der Waals surface area contributed by atoms with Gasteiger partial charge in [-0.15, -0.1) is 0 Å². The second-order valence-electron chi connectivity index (χ2n) is 5.30. The van der Waals surface area contributed by atoms with E-state index in [1.807, 2.05) is 16.7 Å². The van der Waals surface area contributed by atoms with Gasteiger partial charge in [-0.1, -0.05) is 37.6 Å². The van der Waals surface area contributed by atoms with Crippen LogP contribution in [-0.2, 0) is 0 Å². The van der Waals surface area contributed by atoms with Crippen molar-refractivity contribution in [2.24, 2.45) is 0 Å². The van der Waals surface area contributed by atoms with Gasteiger partial charge >= 0.3 is 0 Å². The SMILES string of the molecule is CC(C)c1cccc(-n2c(=S)[nH]c3cc(Cl)c(F)cc32)c1. The number of imidazole rings is 1. The molecule has 0 unspecified atom stereocenters. The first kappa shape index (κ1) is 14.3.